The van der Waals surface area contributed by atoms with Crippen LogP contribution in [0.2, 0.25) is 0 Å². The third kappa shape index (κ3) is 3.39. The number of hydrogen-bond donors (Lipinski definition) is 1. The standard InChI is InChI=1S/C16H19FN4O2/c1-10(14(18)22)21-8-2-3-12(9-21)16-19-15(20-23-16)11-4-6-13(17)7-5-11/h4-7,10,12H,2-3,8-9H2,1H3,(H2,18,22)/t10-,12-/m0/s1. The first kappa shape index (κ1) is 15.6. The van der Waals surface area contributed by atoms with E-state index in [9.17, 15) is 9.18 Å². The van der Waals surface area contributed by atoms with Crippen LogP contribution < -0.4 is 5.73 Å². The molecule has 2 aromatic rings. The highest BCUT2D eigenvalue weighted by Crippen LogP contribution is 2.28. The lowest BCUT2D eigenvalue weighted by molar-refractivity contribution is -0.123. The molecule has 0 unspecified atom stereocenters. The van der Waals surface area contributed by atoms with Crippen LogP contribution >= 0.6 is 0 Å². The number of hydrogen-bond acceptors (Lipinski definition) is 5. The Morgan fingerprint density at radius 1 is 1.43 bits per heavy atom. The summed E-state index contributed by atoms with van der Waals surface area (Å²) in [7, 11) is 0. The minimum absolute atomic E-state index is 0.0762. The monoisotopic (exact) mass is 318 g/mol. The maximum atomic E-state index is 13.0. The molecule has 6 nitrogen and oxygen atoms in total. The Bertz CT molecular complexity index is 686. The van der Waals surface area contributed by atoms with E-state index in [4.69, 9.17) is 10.3 Å². The fourth-order valence-corrected chi connectivity index (χ4v) is 2.86. The van der Waals surface area contributed by atoms with Gasteiger partial charge in [-0.2, -0.15) is 4.98 Å². The second-order valence-electron chi connectivity index (χ2n) is 5.88. The molecule has 1 aromatic carbocycles. The van der Waals surface area contributed by atoms with Crippen molar-refractivity contribution in [3.63, 3.8) is 0 Å². The summed E-state index contributed by atoms with van der Waals surface area (Å²) in [5.74, 6) is 0.432. The average molecular weight is 318 g/mol. The van der Waals surface area contributed by atoms with Crippen LogP contribution in [-0.2, 0) is 4.79 Å². The summed E-state index contributed by atoms with van der Waals surface area (Å²) in [5.41, 5.74) is 6.09. The molecule has 0 spiro atoms. The predicted octanol–water partition coefficient (Wildman–Crippen LogP) is 1.93. The molecule has 2 heterocycles. The van der Waals surface area contributed by atoms with E-state index >= 15 is 0 Å². The maximum Gasteiger partial charge on any atom is 0.234 e. The molecule has 0 aliphatic carbocycles. The van der Waals surface area contributed by atoms with E-state index in [0.29, 0.717) is 23.8 Å². The number of nitrogens with zero attached hydrogens (tertiary/aromatic N) is 3. The number of amides is 1. The molecular weight excluding hydrogens is 299 g/mol. The number of halogens is 1. The van der Waals surface area contributed by atoms with Gasteiger partial charge in [0.1, 0.15) is 5.82 Å². The second kappa shape index (κ2) is 6.45. The van der Waals surface area contributed by atoms with Crippen LogP contribution in [0.1, 0.15) is 31.6 Å². The molecular formula is C16H19FN4O2. The Labute approximate surface area is 133 Å². The molecule has 23 heavy (non-hydrogen) atoms. The Balaban J connectivity index is 1.74. The third-order valence-electron chi connectivity index (χ3n) is 4.31. The number of nitrogens with two attached hydrogens (primary N) is 1. The summed E-state index contributed by atoms with van der Waals surface area (Å²) in [5, 5.41) is 3.98. The highest BCUT2D eigenvalue weighted by molar-refractivity contribution is 5.79. The molecule has 122 valence electrons. The number of piperidine rings is 1. The fraction of sp³-hybridized carbons (Fsp3) is 0.438. The number of likely N-dealkylation sites (tertiary alicyclic amines) is 1. The van der Waals surface area contributed by atoms with Gasteiger partial charge in [0.2, 0.25) is 17.6 Å². The van der Waals surface area contributed by atoms with E-state index in [1.165, 1.54) is 12.1 Å². The number of benzene rings is 1. The highest BCUT2D eigenvalue weighted by atomic mass is 19.1. The first-order chi connectivity index (χ1) is 11.0. The normalized spacial score (nSPS) is 20.3. The van der Waals surface area contributed by atoms with Crippen molar-refractivity contribution < 1.29 is 13.7 Å². The smallest absolute Gasteiger partial charge is 0.234 e. The molecule has 7 heteroatoms. The lowest BCUT2D eigenvalue weighted by Gasteiger charge is -2.33. The molecule has 2 atom stereocenters. The number of aromatic nitrogens is 2. The molecule has 1 aliphatic rings. The van der Waals surface area contributed by atoms with Crippen molar-refractivity contribution in [2.24, 2.45) is 5.73 Å². The van der Waals surface area contributed by atoms with Crippen LogP contribution in [0.5, 0.6) is 0 Å². The Morgan fingerprint density at radius 3 is 2.87 bits per heavy atom. The first-order valence-corrected chi connectivity index (χ1v) is 7.67. The van der Waals surface area contributed by atoms with Gasteiger partial charge in [-0.1, -0.05) is 5.16 Å². The van der Waals surface area contributed by atoms with Crippen molar-refractivity contribution in [3.8, 4) is 11.4 Å². The van der Waals surface area contributed by atoms with Gasteiger partial charge in [0.15, 0.2) is 0 Å². The quantitative estimate of drug-likeness (QED) is 0.931. The van der Waals surface area contributed by atoms with Crippen LogP contribution in [0.15, 0.2) is 28.8 Å². The topological polar surface area (TPSA) is 85.3 Å². The van der Waals surface area contributed by atoms with Gasteiger partial charge in [0, 0.05) is 12.1 Å². The lowest BCUT2D eigenvalue weighted by Crippen LogP contribution is -2.47. The molecule has 0 bridgehead atoms. The molecule has 0 radical (unpaired) electrons. The van der Waals surface area contributed by atoms with E-state index in [0.717, 1.165) is 19.4 Å². The fourth-order valence-electron chi connectivity index (χ4n) is 2.86. The molecule has 1 aliphatic heterocycles. The third-order valence-corrected chi connectivity index (χ3v) is 4.31. The van der Waals surface area contributed by atoms with Crippen LogP contribution in [0.4, 0.5) is 4.39 Å². The zero-order valence-corrected chi connectivity index (χ0v) is 12.9. The number of carbonyl (C=O) groups is 1. The SMILES string of the molecule is C[C@@H](C(N)=O)N1CCC[C@H](c2nc(-c3ccc(F)cc3)no2)C1. The van der Waals surface area contributed by atoms with Gasteiger partial charge in [0.05, 0.1) is 12.0 Å². The van der Waals surface area contributed by atoms with E-state index in [1.54, 1.807) is 12.1 Å². The molecule has 1 saturated heterocycles. The van der Waals surface area contributed by atoms with Crippen molar-refractivity contribution in [1.29, 1.82) is 0 Å². The Morgan fingerprint density at radius 2 is 2.17 bits per heavy atom. The van der Waals surface area contributed by atoms with Gasteiger partial charge >= 0.3 is 0 Å². The minimum Gasteiger partial charge on any atom is -0.368 e. The van der Waals surface area contributed by atoms with Gasteiger partial charge in [-0.3, -0.25) is 9.69 Å². The largest absolute Gasteiger partial charge is 0.368 e. The van der Waals surface area contributed by atoms with E-state index in [-0.39, 0.29) is 23.7 Å². The molecule has 2 N–H and O–H groups in total. The van der Waals surface area contributed by atoms with Gasteiger partial charge in [-0.15, -0.1) is 0 Å². The summed E-state index contributed by atoms with van der Waals surface area (Å²) in [4.78, 5) is 17.8. The average Bonchev–Trinajstić information content (AvgIpc) is 3.05. The van der Waals surface area contributed by atoms with E-state index < -0.39 is 0 Å². The molecule has 3 rings (SSSR count). The summed E-state index contributed by atoms with van der Waals surface area (Å²) in [6.07, 6.45) is 1.86. The number of primary amides is 1. The Hall–Kier alpha value is -2.28. The Kier molecular flexibility index (Phi) is 4.38. The first-order valence-electron chi connectivity index (χ1n) is 7.67. The summed E-state index contributed by atoms with van der Waals surface area (Å²) >= 11 is 0. The molecule has 1 aromatic heterocycles. The summed E-state index contributed by atoms with van der Waals surface area (Å²) in [6, 6.07) is 5.65. The van der Waals surface area contributed by atoms with Crippen LogP contribution in [0.25, 0.3) is 11.4 Å². The zero-order valence-electron chi connectivity index (χ0n) is 12.9. The van der Waals surface area contributed by atoms with Gasteiger partial charge in [-0.25, -0.2) is 4.39 Å². The van der Waals surface area contributed by atoms with Crippen molar-refractivity contribution in [2.45, 2.75) is 31.7 Å². The van der Waals surface area contributed by atoms with Crippen molar-refractivity contribution in [1.82, 2.24) is 15.0 Å². The van der Waals surface area contributed by atoms with Gasteiger partial charge in [0.25, 0.3) is 0 Å². The minimum atomic E-state index is -0.330. The molecule has 1 amide bonds. The van der Waals surface area contributed by atoms with E-state index in [2.05, 4.69) is 10.1 Å². The second-order valence-corrected chi connectivity index (χ2v) is 5.88. The number of rotatable bonds is 4. The predicted molar refractivity (Wildman–Crippen MR) is 81.9 cm³/mol. The van der Waals surface area contributed by atoms with Crippen molar-refractivity contribution in [3.05, 3.63) is 36.0 Å². The summed E-state index contributed by atoms with van der Waals surface area (Å²) in [6.45, 7) is 3.30. The summed E-state index contributed by atoms with van der Waals surface area (Å²) < 4.78 is 18.4. The van der Waals surface area contributed by atoms with E-state index in [1.807, 2.05) is 11.8 Å². The van der Waals surface area contributed by atoms with Crippen LogP contribution in [0, 0.1) is 5.82 Å². The van der Waals surface area contributed by atoms with Gasteiger partial charge < -0.3 is 10.3 Å². The van der Waals surface area contributed by atoms with Crippen LogP contribution in [-0.4, -0.2) is 40.1 Å². The van der Waals surface area contributed by atoms with Crippen molar-refractivity contribution >= 4 is 5.91 Å². The maximum absolute atomic E-state index is 13.0. The number of carbonyl (C=O) groups excluding carboxylic acids is 1. The van der Waals surface area contributed by atoms with Crippen LogP contribution in [0.3, 0.4) is 0 Å². The lowest BCUT2D eigenvalue weighted by atomic mass is 9.96. The van der Waals surface area contributed by atoms with Crippen molar-refractivity contribution in [2.75, 3.05) is 13.1 Å². The van der Waals surface area contributed by atoms with Gasteiger partial charge in [-0.05, 0) is 50.6 Å². The molecule has 1 fully saturated rings. The highest BCUT2D eigenvalue weighted by Gasteiger charge is 2.30. The zero-order chi connectivity index (χ0) is 16.4. The molecule has 0 saturated carbocycles.